The van der Waals surface area contributed by atoms with Crippen LogP contribution in [0.3, 0.4) is 0 Å². The van der Waals surface area contributed by atoms with Crippen molar-refractivity contribution in [1.29, 1.82) is 0 Å². The van der Waals surface area contributed by atoms with Gasteiger partial charge in [0, 0.05) is 25.2 Å². The summed E-state index contributed by atoms with van der Waals surface area (Å²) in [6, 6.07) is 1.68. The first-order valence-electron chi connectivity index (χ1n) is 8.78. The van der Waals surface area contributed by atoms with E-state index in [1.807, 2.05) is 0 Å². The summed E-state index contributed by atoms with van der Waals surface area (Å²) < 4.78 is 0. The summed E-state index contributed by atoms with van der Waals surface area (Å²) in [6.45, 7) is 6.41. The highest BCUT2D eigenvalue weighted by Crippen LogP contribution is 2.28. The second-order valence-corrected chi connectivity index (χ2v) is 7.49. The van der Waals surface area contributed by atoms with Crippen LogP contribution in [0.15, 0.2) is 0 Å². The number of nitrogens with zero attached hydrogens (tertiary/aromatic N) is 1. The normalized spacial score (nSPS) is 35.2. The smallest absolute Gasteiger partial charge is 0.0198 e. The topological polar surface area (TPSA) is 15.3 Å². The van der Waals surface area contributed by atoms with E-state index in [1.165, 1.54) is 77.4 Å². The molecule has 3 aliphatic rings. The summed E-state index contributed by atoms with van der Waals surface area (Å²) in [7, 11) is 0. The fraction of sp³-hybridized carbons (Fsp3) is 1.00. The summed E-state index contributed by atoms with van der Waals surface area (Å²) in [5, 5.41) is 3.91. The average Bonchev–Trinajstić information content (AvgIpc) is 3.09. The van der Waals surface area contributed by atoms with Crippen molar-refractivity contribution in [2.24, 2.45) is 11.8 Å². The molecule has 0 radical (unpaired) electrons. The van der Waals surface area contributed by atoms with Crippen LogP contribution in [0, 0.1) is 11.8 Å². The monoisotopic (exact) mass is 264 g/mol. The largest absolute Gasteiger partial charge is 0.312 e. The van der Waals surface area contributed by atoms with Gasteiger partial charge in [0.25, 0.3) is 0 Å². The summed E-state index contributed by atoms with van der Waals surface area (Å²) in [6.07, 6.45) is 13.2. The molecule has 0 spiro atoms. The number of piperidine rings is 1. The van der Waals surface area contributed by atoms with Gasteiger partial charge in [-0.1, -0.05) is 32.6 Å². The summed E-state index contributed by atoms with van der Waals surface area (Å²) in [5.41, 5.74) is 0. The minimum atomic E-state index is 0.768. The van der Waals surface area contributed by atoms with Crippen LogP contribution >= 0.6 is 0 Å². The third-order valence-electron chi connectivity index (χ3n) is 5.70. The summed E-state index contributed by atoms with van der Waals surface area (Å²) in [4.78, 5) is 2.81. The van der Waals surface area contributed by atoms with Crippen LogP contribution in [-0.4, -0.2) is 36.6 Å². The van der Waals surface area contributed by atoms with Crippen molar-refractivity contribution in [3.8, 4) is 0 Å². The van der Waals surface area contributed by atoms with Gasteiger partial charge in [-0.05, 0) is 50.5 Å². The van der Waals surface area contributed by atoms with Crippen LogP contribution in [0.2, 0.25) is 0 Å². The lowest BCUT2D eigenvalue weighted by atomic mass is 9.93. The van der Waals surface area contributed by atoms with Gasteiger partial charge in [0.15, 0.2) is 0 Å². The van der Waals surface area contributed by atoms with E-state index in [1.54, 1.807) is 0 Å². The van der Waals surface area contributed by atoms with Crippen molar-refractivity contribution in [3.63, 3.8) is 0 Å². The molecule has 3 rings (SSSR count). The molecule has 2 unspecified atom stereocenters. The van der Waals surface area contributed by atoms with Crippen LogP contribution in [0.5, 0.6) is 0 Å². The Morgan fingerprint density at radius 2 is 1.63 bits per heavy atom. The van der Waals surface area contributed by atoms with E-state index in [-0.39, 0.29) is 0 Å². The van der Waals surface area contributed by atoms with E-state index in [9.17, 15) is 0 Å². The number of rotatable bonds is 4. The first-order valence-corrected chi connectivity index (χ1v) is 8.78. The van der Waals surface area contributed by atoms with Crippen LogP contribution in [-0.2, 0) is 0 Å². The Balaban J connectivity index is 1.47. The van der Waals surface area contributed by atoms with Gasteiger partial charge in [0.2, 0.25) is 0 Å². The molecule has 19 heavy (non-hydrogen) atoms. The Kier molecular flexibility index (Phi) is 4.81. The zero-order valence-electron chi connectivity index (χ0n) is 12.7. The van der Waals surface area contributed by atoms with Crippen LogP contribution in [0.25, 0.3) is 0 Å². The van der Waals surface area contributed by atoms with Gasteiger partial charge >= 0.3 is 0 Å². The molecule has 2 atom stereocenters. The molecule has 3 fully saturated rings. The molecule has 2 nitrogen and oxygen atoms in total. The molecular formula is C17H32N2. The van der Waals surface area contributed by atoms with Crippen molar-refractivity contribution in [2.75, 3.05) is 19.6 Å². The predicted octanol–water partition coefficient (Wildman–Crippen LogP) is 3.42. The van der Waals surface area contributed by atoms with E-state index in [0.717, 1.165) is 23.9 Å². The molecular weight excluding hydrogens is 232 g/mol. The molecule has 1 saturated heterocycles. The molecule has 0 aromatic carbocycles. The summed E-state index contributed by atoms with van der Waals surface area (Å²) >= 11 is 0. The molecule has 110 valence electrons. The SMILES string of the molecule is CC1CC(NCC2CCCC2)CN(C2CCCC2)C1. The van der Waals surface area contributed by atoms with Crippen molar-refractivity contribution in [1.82, 2.24) is 10.2 Å². The predicted molar refractivity (Wildman–Crippen MR) is 81.4 cm³/mol. The maximum atomic E-state index is 3.91. The van der Waals surface area contributed by atoms with E-state index >= 15 is 0 Å². The van der Waals surface area contributed by atoms with E-state index in [0.29, 0.717) is 0 Å². The highest BCUT2D eigenvalue weighted by molar-refractivity contribution is 4.88. The van der Waals surface area contributed by atoms with E-state index in [4.69, 9.17) is 0 Å². The van der Waals surface area contributed by atoms with Gasteiger partial charge in [-0.2, -0.15) is 0 Å². The molecule has 0 bridgehead atoms. The lowest BCUT2D eigenvalue weighted by molar-refractivity contribution is 0.104. The Morgan fingerprint density at radius 1 is 0.947 bits per heavy atom. The fourth-order valence-electron chi connectivity index (χ4n) is 4.66. The first kappa shape index (κ1) is 13.9. The molecule has 2 aliphatic carbocycles. The van der Waals surface area contributed by atoms with Crippen molar-refractivity contribution in [3.05, 3.63) is 0 Å². The quantitative estimate of drug-likeness (QED) is 0.837. The van der Waals surface area contributed by atoms with Gasteiger partial charge in [0.1, 0.15) is 0 Å². The molecule has 0 aromatic heterocycles. The van der Waals surface area contributed by atoms with Gasteiger partial charge < -0.3 is 5.32 Å². The van der Waals surface area contributed by atoms with Gasteiger partial charge in [-0.3, -0.25) is 4.90 Å². The maximum Gasteiger partial charge on any atom is 0.0198 e. The van der Waals surface area contributed by atoms with Gasteiger partial charge in [-0.25, -0.2) is 0 Å². The minimum absolute atomic E-state index is 0.768. The highest BCUT2D eigenvalue weighted by Gasteiger charge is 2.31. The number of hydrogen-bond acceptors (Lipinski definition) is 2. The van der Waals surface area contributed by atoms with Crippen molar-refractivity contribution in [2.45, 2.75) is 76.8 Å². The van der Waals surface area contributed by atoms with Crippen molar-refractivity contribution < 1.29 is 0 Å². The molecule has 2 saturated carbocycles. The molecule has 1 aliphatic heterocycles. The van der Waals surface area contributed by atoms with Crippen LogP contribution < -0.4 is 5.32 Å². The third-order valence-corrected chi connectivity index (χ3v) is 5.70. The summed E-state index contributed by atoms with van der Waals surface area (Å²) in [5.74, 6) is 1.87. The molecule has 0 aromatic rings. The fourth-order valence-corrected chi connectivity index (χ4v) is 4.66. The Bertz CT molecular complexity index is 266. The highest BCUT2D eigenvalue weighted by atomic mass is 15.2. The van der Waals surface area contributed by atoms with Gasteiger partial charge in [-0.15, -0.1) is 0 Å². The average molecular weight is 264 g/mol. The van der Waals surface area contributed by atoms with Crippen LogP contribution in [0.1, 0.15) is 64.7 Å². The Labute approximate surface area is 119 Å². The number of hydrogen-bond donors (Lipinski definition) is 1. The van der Waals surface area contributed by atoms with E-state index in [2.05, 4.69) is 17.1 Å². The minimum Gasteiger partial charge on any atom is -0.312 e. The van der Waals surface area contributed by atoms with Crippen LogP contribution in [0.4, 0.5) is 0 Å². The second-order valence-electron chi connectivity index (χ2n) is 7.49. The Hall–Kier alpha value is -0.0800. The molecule has 1 N–H and O–H groups in total. The van der Waals surface area contributed by atoms with Gasteiger partial charge in [0.05, 0.1) is 0 Å². The molecule has 2 heteroatoms. The first-order chi connectivity index (χ1) is 9.31. The zero-order chi connectivity index (χ0) is 13.1. The molecule has 0 amide bonds. The lowest BCUT2D eigenvalue weighted by Crippen LogP contribution is -2.52. The van der Waals surface area contributed by atoms with E-state index < -0.39 is 0 Å². The maximum absolute atomic E-state index is 3.91. The third kappa shape index (κ3) is 3.72. The lowest BCUT2D eigenvalue weighted by Gasteiger charge is -2.40. The Morgan fingerprint density at radius 3 is 2.37 bits per heavy atom. The second kappa shape index (κ2) is 6.58. The molecule has 1 heterocycles. The number of likely N-dealkylation sites (tertiary alicyclic amines) is 1. The standard InChI is InChI=1S/C17H32N2/c1-14-10-16(18-11-15-6-2-3-7-15)13-19(12-14)17-8-4-5-9-17/h14-18H,2-13H2,1H3. The number of nitrogens with one attached hydrogen (secondary N) is 1. The zero-order valence-corrected chi connectivity index (χ0v) is 12.7. The van der Waals surface area contributed by atoms with Crippen molar-refractivity contribution >= 4 is 0 Å².